The first kappa shape index (κ1) is 33.6. The van der Waals surface area contributed by atoms with Gasteiger partial charge in [-0.15, -0.1) is 0 Å². The van der Waals surface area contributed by atoms with E-state index in [-0.39, 0.29) is 39.4 Å². The van der Waals surface area contributed by atoms with Gasteiger partial charge in [-0.3, -0.25) is 19.4 Å². The Morgan fingerprint density at radius 1 is 0.956 bits per heavy atom. The number of carboxylic acid groups (broad SMARTS) is 1. The second kappa shape index (κ2) is 15.6. The molecule has 4 rings (SSSR count). The molecule has 0 bridgehead atoms. The van der Waals surface area contributed by atoms with E-state index in [1.54, 1.807) is 13.1 Å². The number of carboxylic acids is 1. The molecule has 1 aliphatic rings. The van der Waals surface area contributed by atoms with Gasteiger partial charge in [0, 0.05) is 69.6 Å². The van der Waals surface area contributed by atoms with Gasteiger partial charge in [0.25, 0.3) is 0 Å². The molecular weight excluding hydrogens is 625 g/mol. The summed E-state index contributed by atoms with van der Waals surface area (Å²) in [6.45, 7) is 3.40. The smallest absolute Gasteiger partial charge is 0.327 e. The van der Waals surface area contributed by atoms with Crippen LogP contribution in [0, 0.1) is 0 Å². The quantitative estimate of drug-likeness (QED) is 0.223. The standard InChI is InChI=1S/C30H35Cl2N7O6/c1-37(30(43)36-29-27(31)22(44-2)15-23(45-3)28(29)32)25-16-24(33-18-34-25)35-19-7-9-20(10-8-19)39-13-11-38(12-14-39)17-21(40)5-4-6-26(41)42/h7-10,15-16,18H,4-6,11-14,17H2,1-3H3,(H,36,43)(H,41,42)(H,33,34,35). The van der Waals surface area contributed by atoms with E-state index in [2.05, 4.69) is 30.4 Å². The first-order valence-corrected chi connectivity index (χ1v) is 14.9. The van der Waals surface area contributed by atoms with Crippen molar-refractivity contribution in [1.29, 1.82) is 0 Å². The summed E-state index contributed by atoms with van der Waals surface area (Å²) in [4.78, 5) is 50.1. The molecule has 1 saturated heterocycles. The van der Waals surface area contributed by atoms with Gasteiger partial charge in [0.15, 0.2) is 0 Å². The Morgan fingerprint density at radius 3 is 2.20 bits per heavy atom. The number of benzene rings is 2. The Morgan fingerprint density at radius 2 is 1.60 bits per heavy atom. The molecule has 3 aromatic rings. The minimum Gasteiger partial charge on any atom is -0.495 e. The second-order valence-electron chi connectivity index (χ2n) is 10.3. The van der Waals surface area contributed by atoms with Crippen molar-refractivity contribution < 1.29 is 29.0 Å². The van der Waals surface area contributed by atoms with Crippen LogP contribution in [-0.4, -0.2) is 91.7 Å². The van der Waals surface area contributed by atoms with E-state index in [0.717, 1.165) is 37.6 Å². The number of piperazine rings is 1. The number of urea groups is 1. The van der Waals surface area contributed by atoms with Crippen molar-refractivity contribution in [3.63, 3.8) is 0 Å². The predicted molar refractivity (Wildman–Crippen MR) is 174 cm³/mol. The normalized spacial score (nSPS) is 13.2. The van der Waals surface area contributed by atoms with Gasteiger partial charge in [0.05, 0.1) is 26.5 Å². The van der Waals surface area contributed by atoms with E-state index in [1.165, 1.54) is 31.5 Å². The van der Waals surface area contributed by atoms with E-state index in [4.69, 9.17) is 37.8 Å². The highest BCUT2D eigenvalue weighted by atomic mass is 35.5. The average molecular weight is 661 g/mol. The Labute approximate surface area is 271 Å². The third-order valence-corrected chi connectivity index (χ3v) is 7.98. The summed E-state index contributed by atoms with van der Waals surface area (Å²) >= 11 is 12.8. The fourth-order valence-corrected chi connectivity index (χ4v) is 5.32. The number of rotatable bonds is 13. The molecule has 3 N–H and O–H groups in total. The highest BCUT2D eigenvalue weighted by Crippen LogP contribution is 2.44. The van der Waals surface area contributed by atoms with Gasteiger partial charge in [0.1, 0.15) is 45.3 Å². The molecule has 0 aliphatic carbocycles. The number of methoxy groups -OCH3 is 2. The molecule has 0 saturated carbocycles. The van der Waals surface area contributed by atoms with Crippen LogP contribution < -0.4 is 29.9 Å². The maximum absolute atomic E-state index is 13.1. The lowest BCUT2D eigenvalue weighted by atomic mass is 10.1. The first-order valence-electron chi connectivity index (χ1n) is 14.1. The number of amides is 2. The van der Waals surface area contributed by atoms with Crippen molar-refractivity contribution in [1.82, 2.24) is 14.9 Å². The van der Waals surface area contributed by atoms with Crippen molar-refractivity contribution in [3.05, 3.63) is 52.8 Å². The van der Waals surface area contributed by atoms with Crippen molar-refractivity contribution in [3.8, 4) is 11.5 Å². The zero-order chi connectivity index (χ0) is 32.5. The molecule has 0 unspecified atom stereocenters. The van der Waals surface area contributed by atoms with Crippen LogP contribution in [0.15, 0.2) is 42.7 Å². The molecule has 2 heterocycles. The molecule has 0 atom stereocenters. The van der Waals surface area contributed by atoms with E-state index < -0.39 is 12.0 Å². The monoisotopic (exact) mass is 659 g/mol. The number of hydrogen-bond acceptors (Lipinski definition) is 10. The fraction of sp³-hybridized carbons (Fsp3) is 0.367. The zero-order valence-corrected chi connectivity index (χ0v) is 26.7. The summed E-state index contributed by atoms with van der Waals surface area (Å²) in [5, 5.41) is 14.9. The van der Waals surface area contributed by atoms with Gasteiger partial charge in [-0.05, 0) is 30.7 Å². The molecule has 15 heteroatoms. The van der Waals surface area contributed by atoms with Crippen LogP contribution in [-0.2, 0) is 9.59 Å². The van der Waals surface area contributed by atoms with Gasteiger partial charge in [-0.25, -0.2) is 14.8 Å². The van der Waals surface area contributed by atoms with E-state index in [0.29, 0.717) is 31.0 Å². The molecule has 1 aromatic heterocycles. The molecule has 45 heavy (non-hydrogen) atoms. The van der Waals surface area contributed by atoms with E-state index in [9.17, 15) is 14.4 Å². The number of nitrogens with one attached hydrogen (secondary N) is 2. The van der Waals surface area contributed by atoms with Gasteiger partial charge < -0.3 is 30.1 Å². The molecule has 2 amide bonds. The lowest BCUT2D eigenvalue weighted by Crippen LogP contribution is -2.48. The number of nitrogens with zero attached hydrogens (tertiary/aromatic N) is 5. The van der Waals surface area contributed by atoms with Gasteiger partial charge >= 0.3 is 12.0 Å². The SMILES string of the molecule is COc1cc(OC)c(Cl)c(NC(=O)N(C)c2cc(Nc3ccc(N4CCN(CC(=O)CCCC(=O)O)CC4)cc3)ncn2)c1Cl. The average Bonchev–Trinajstić information content (AvgIpc) is 3.03. The number of hydrogen-bond donors (Lipinski definition) is 3. The van der Waals surface area contributed by atoms with Crippen LogP contribution in [0.4, 0.5) is 33.5 Å². The minimum atomic E-state index is -0.878. The number of ether oxygens (including phenoxy) is 2. The summed E-state index contributed by atoms with van der Waals surface area (Å²) in [6, 6.07) is 10.5. The highest BCUT2D eigenvalue weighted by Gasteiger charge is 2.22. The number of aromatic nitrogens is 2. The summed E-state index contributed by atoms with van der Waals surface area (Å²) in [7, 11) is 4.43. The maximum atomic E-state index is 13.1. The topological polar surface area (TPSA) is 149 Å². The van der Waals surface area contributed by atoms with Gasteiger partial charge in [0.2, 0.25) is 0 Å². The van der Waals surface area contributed by atoms with Crippen LogP contribution in [0.25, 0.3) is 0 Å². The van der Waals surface area contributed by atoms with Crippen LogP contribution >= 0.6 is 23.2 Å². The molecule has 1 aliphatic heterocycles. The van der Waals surface area contributed by atoms with Crippen molar-refractivity contribution in [2.24, 2.45) is 0 Å². The first-order chi connectivity index (χ1) is 21.6. The molecule has 1 fully saturated rings. The third-order valence-electron chi connectivity index (χ3n) is 7.23. The number of anilines is 5. The minimum absolute atomic E-state index is 0.0177. The summed E-state index contributed by atoms with van der Waals surface area (Å²) in [6.07, 6.45) is 2.04. The molecule has 2 aromatic carbocycles. The van der Waals surface area contributed by atoms with Gasteiger partial charge in [-0.2, -0.15) is 0 Å². The number of Topliss-reactive ketones (excluding diaryl/α,β-unsaturated/α-hetero) is 1. The Balaban J connectivity index is 1.32. The van der Waals surface area contributed by atoms with Crippen molar-refractivity contribution in [2.75, 3.05) is 74.4 Å². The molecule has 0 radical (unpaired) electrons. The van der Waals surface area contributed by atoms with E-state index >= 15 is 0 Å². The molecule has 240 valence electrons. The third kappa shape index (κ3) is 8.87. The second-order valence-corrected chi connectivity index (χ2v) is 11.0. The van der Waals surface area contributed by atoms with Crippen molar-refractivity contribution >= 4 is 69.7 Å². The van der Waals surface area contributed by atoms with Crippen LogP contribution in [0.3, 0.4) is 0 Å². The zero-order valence-electron chi connectivity index (χ0n) is 25.2. The Kier molecular flexibility index (Phi) is 11.6. The predicted octanol–water partition coefficient (Wildman–Crippen LogP) is 5.16. The Bertz CT molecular complexity index is 1490. The lowest BCUT2D eigenvalue weighted by molar-refractivity contribution is -0.137. The largest absolute Gasteiger partial charge is 0.495 e. The number of halogens is 2. The van der Waals surface area contributed by atoms with Crippen LogP contribution in [0.1, 0.15) is 19.3 Å². The molecular formula is C30H35Cl2N7O6. The summed E-state index contributed by atoms with van der Waals surface area (Å²) in [5.74, 6) is 0.574. The number of aliphatic carboxylic acids is 1. The van der Waals surface area contributed by atoms with Crippen LogP contribution in [0.5, 0.6) is 11.5 Å². The van der Waals surface area contributed by atoms with Crippen molar-refractivity contribution in [2.45, 2.75) is 19.3 Å². The maximum Gasteiger partial charge on any atom is 0.327 e. The fourth-order valence-electron chi connectivity index (χ4n) is 4.72. The number of carbonyl (C=O) groups excluding carboxylic acids is 2. The summed E-state index contributed by atoms with van der Waals surface area (Å²) in [5.41, 5.74) is 1.99. The Hall–Kier alpha value is -4.33. The van der Waals surface area contributed by atoms with Gasteiger partial charge in [-0.1, -0.05) is 23.2 Å². The lowest BCUT2D eigenvalue weighted by Gasteiger charge is -2.35. The molecule has 0 spiro atoms. The number of ketones is 1. The molecule has 13 nitrogen and oxygen atoms in total. The van der Waals surface area contributed by atoms with E-state index in [1.807, 2.05) is 24.3 Å². The number of carbonyl (C=O) groups is 3. The van der Waals surface area contributed by atoms with Crippen LogP contribution in [0.2, 0.25) is 10.0 Å². The summed E-state index contributed by atoms with van der Waals surface area (Å²) < 4.78 is 10.5. The highest BCUT2D eigenvalue weighted by molar-refractivity contribution is 6.41.